The van der Waals surface area contributed by atoms with Crippen LogP contribution in [0, 0.1) is 5.92 Å². The van der Waals surface area contributed by atoms with Crippen molar-refractivity contribution >= 4 is 28.7 Å². The first-order chi connectivity index (χ1) is 11.0. The average Bonchev–Trinajstić information content (AvgIpc) is 3.01. The third kappa shape index (κ3) is 2.27. The van der Waals surface area contributed by atoms with E-state index in [1.807, 2.05) is 18.2 Å². The van der Waals surface area contributed by atoms with Crippen LogP contribution in [-0.2, 0) is 0 Å². The van der Waals surface area contributed by atoms with Gasteiger partial charge in [0.25, 0.3) is 5.91 Å². The second-order valence-electron chi connectivity index (χ2n) is 7.21. The fourth-order valence-corrected chi connectivity index (χ4v) is 4.86. The first-order valence-electron chi connectivity index (χ1n) is 8.20. The number of carbonyl (C=O) groups excluding carboxylic acids is 1. The molecular formula is C18H21ClN2O2. The second kappa shape index (κ2) is 5.25. The van der Waals surface area contributed by atoms with Crippen LogP contribution in [0.3, 0.4) is 0 Å². The molecule has 2 bridgehead atoms. The van der Waals surface area contributed by atoms with Crippen molar-refractivity contribution in [2.75, 3.05) is 13.1 Å². The van der Waals surface area contributed by atoms with Crippen LogP contribution in [0.5, 0.6) is 0 Å². The lowest BCUT2D eigenvalue weighted by Crippen LogP contribution is -2.68. The lowest BCUT2D eigenvalue weighted by Gasteiger charge is -2.57. The number of piperidine rings is 3. The van der Waals surface area contributed by atoms with Gasteiger partial charge in [0.15, 0.2) is 0 Å². The van der Waals surface area contributed by atoms with Gasteiger partial charge < -0.3 is 4.42 Å². The summed E-state index contributed by atoms with van der Waals surface area (Å²) in [6.07, 6.45) is 3.87. The molecule has 0 radical (unpaired) electrons. The molecule has 4 nitrogen and oxygen atoms in total. The molecule has 3 saturated heterocycles. The summed E-state index contributed by atoms with van der Waals surface area (Å²) < 4.78 is 6.79. The van der Waals surface area contributed by atoms with E-state index in [9.17, 15) is 4.79 Å². The summed E-state index contributed by atoms with van der Waals surface area (Å²) in [5.41, 5.74) is 1.31. The highest BCUT2D eigenvalue weighted by Gasteiger charge is 2.51. The Morgan fingerprint density at radius 2 is 2.04 bits per heavy atom. The number of furan rings is 1. The summed E-state index contributed by atoms with van der Waals surface area (Å²) in [5.74, 6) is 0.357. The van der Waals surface area contributed by atoms with E-state index >= 15 is 0 Å². The van der Waals surface area contributed by atoms with E-state index in [1.54, 1.807) is 12.3 Å². The molecule has 5 rings (SSSR count). The fourth-order valence-electron chi connectivity index (χ4n) is 4.37. The predicted octanol–water partition coefficient (Wildman–Crippen LogP) is 3.90. The maximum Gasteiger partial charge on any atom is 0.268 e. The monoisotopic (exact) mass is 332 g/mol. The fraction of sp³-hybridized carbons (Fsp3) is 0.500. The highest BCUT2D eigenvalue weighted by Crippen LogP contribution is 2.43. The van der Waals surface area contributed by atoms with Crippen LogP contribution < -0.4 is 0 Å². The molecule has 2 aromatic rings. The number of fused-ring (bicyclic) bond motifs is 4. The van der Waals surface area contributed by atoms with Crippen molar-refractivity contribution in [1.82, 2.24) is 9.32 Å². The third-order valence-corrected chi connectivity index (χ3v) is 6.03. The molecule has 4 heterocycles. The minimum absolute atomic E-state index is 0.0409. The Bertz CT molecular complexity index is 746. The van der Waals surface area contributed by atoms with Crippen LogP contribution in [0.2, 0.25) is 0 Å². The minimum Gasteiger partial charge on any atom is -0.464 e. The van der Waals surface area contributed by atoms with Crippen LogP contribution in [0.15, 0.2) is 34.9 Å². The van der Waals surface area contributed by atoms with Crippen molar-refractivity contribution in [3.8, 4) is 0 Å². The first-order valence-corrected chi connectivity index (χ1v) is 8.54. The van der Waals surface area contributed by atoms with Crippen LogP contribution in [0.1, 0.15) is 37.0 Å². The lowest BCUT2D eigenvalue weighted by atomic mass is 9.72. The number of carbonyl (C=O) groups is 1. The van der Waals surface area contributed by atoms with E-state index in [4.69, 9.17) is 16.2 Å². The molecule has 0 unspecified atom stereocenters. The van der Waals surface area contributed by atoms with Crippen LogP contribution in [0.4, 0.5) is 0 Å². The number of hydrogen-bond acceptors (Lipinski definition) is 3. The van der Waals surface area contributed by atoms with Gasteiger partial charge in [-0.05, 0) is 70.0 Å². The Morgan fingerprint density at radius 1 is 1.30 bits per heavy atom. The molecule has 0 saturated carbocycles. The number of hydrogen-bond donors (Lipinski definition) is 0. The number of amides is 1. The summed E-state index contributed by atoms with van der Waals surface area (Å²) in [7, 11) is 0. The standard InChI is InChI=1S/C18H21ClN2O2/c1-18(2)16(12-5-8-20(18)9-6-12)21(19)17(22)14-3-4-15-13(11-14)7-10-23-15/h3-4,7,10-12,16H,5-6,8-9H2,1-2H3/t16-/m1/s1. The Labute approximate surface area is 141 Å². The highest BCUT2D eigenvalue weighted by atomic mass is 35.5. The second-order valence-corrected chi connectivity index (χ2v) is 7.58. The summed E-state index contributed by atoms with van der Waals surface area (Å²) in [6, 6.07) is 7.37. The van der Waals surface area contributed by atoms with Crippen molar-refractivity contribution < 1.29 is 9.21 Å². The summed E-state index contributed by atoms with van der Waals surface area (Å²) in [5, 5.41) is 0.925. The molecule has 5 heteroatoms. The smallest absolute Gasteiger partial charge is 0.268 e. The molecule has 3 aliphatic heterocycles. The molecule has 3 fully saturated rings. The van der Waals surface area contributed by atoms with Gasteiger partial charge in [0.1, 0.15) is 5.58 Å². The molecule has 1 amide bonds. The van der Waals surface area contributed by atoms with Crippen molar-refractivity contribution in [3.05, 3.63) is 36.1 Å². The normalized spacial score (nSPS) is 28.9. The summed E-state index contributed by atoms with van der Waals surface area (Å²) >= 11 is 6.58. The van der Waals surface area contributed by atoms with Gasteiger partial charge >= 0.3 is 0 Å². The first kappa shape index (κ1) is 15.0. The van der Waals surface area contributed by atoms with E-state index in [2.05, 4.69) is 18.7 Å². The zero-order valence-corrected chi connectivity index (χ0v) is 14.2. The van der Waals surface area contributed by atoms with Crippen LogP contribution in [-0.4, -0.2) is 39.9 Å². The van der Waals surface area contributed by atoms with E-state index in [0.29, 0.717) is 11.5 Å². The van der Waals surface area contributed by atoms with E-state index < -0.39 is 0 Å². The molecule has 0 spiro atoms. The van der Waals surface area contributed by atoms with Crippen molar-refractivity contribution in [2.24, 2.45) is 5.92 Å². The number of nitrogens with zero attached hydrogens (tertiary/aromatic N) is 2. The topological polar surface area (TPSA) is 36.7 Å². The zero-order valence-electron chi connectivity index (χ0n) is 13.5. The molecule has 122 valence electrons. The molecule has 3 aliphatic rings. The highest BCUT2D eigenvalue weighted by molar-refractivity contribution is 6.24. The largest absolute Gasteiger partial charge is 0.464 e. The molecule has 0 aliphatic carbocycles. The van der Waals surface area contributed by atoms with Gasteiger partial charge in [0.05, 0.1) is 12.3 Å². The molecule has 23 heavy (non-hydrogen) atoms. The van der Waals surface area contributed by atoms with E-state index in [1.165, 1.54) is 4.42 Å². The van der Waals surface area contributed by atoms with E-state index in [0.717, 1.165) is 36.9 Å². The quantitative estimate of drug-likeness (QED) is 0.783. The lowest BCUT2D eigenvalue weighted by molar-refractivity contribution is -0.0603. The Balaban J connectivity index is 1.65. The molecule has 1 aromatic heterocycles. The Morgan fingerprint density at radius 3 is 2.74 bits per heavy atom. The molecule has 1 atom stereocenters. The van der Waals surface area contributed by atoms with Gasteiger partial charge in [-0.1, -0.05) is 0 Å². The predicted molar refractivity (Wildman–Crippen MR) is 90.4 cm³/mol. The van der Waals surface area contributed by atoms with Gasteiger partial charge in [-0.25, -0.2) is 4.42 Å². The van der Waals surface area contributed by atoms with Gasteiger partial charge in [0.2, 0.25) is 0 Å². The molecule has 0 N–H and O–H groups in total. The average molecular weight is 333 g/mol. The van der Waals surface area contributed by atoms with Gasteiger partial charge in [-0.2, -0.15) is 0 Å². The SMILES string of the molecule is CC1(C)[C@H](N(Cl)C(=O)c2ccc3occc3c2)C2CCN1CC2. The van der Waals surface area contributed by atoms with Crippen molar-refractivity contribution in [3.63, 3.8) is 0 Å². The third-order valence-electron chi connectivity index (χ3n) is 5.66. The Kier molecular flexibility index (Phi) is 3.43. The van der Waals surface area contributed by atoms with Gasteiger partial charge in [0, 0.05) is 28.3 Å². The maximum absolute atomic E-state index is 12.9. The maximum atomic E-state index is 12.9. The summed E-state index contributed by atoms with van der Waals surface area (Å²) in [4.78, 5) is 15.4. The zero-order chi connectivity index (χ0) is 16.2. The molecule has 1 aromatic carbocycles. The number of benzene rings is 1. The van der Waals surface area contributed by atoms with Crippen LogP contribution >= 0.6 is 11.8 Å². The minimum atomic E-state index is -0.124. The van der Waals surface area contributed by atoms with Crippen LogP contribution in [0.25, 0.3) is 11.0 Å². The van der Waals surface area contributed by atoms with Gasteiger partial charge in [-0.15, -0.1) is 0 Å². The van der Waals surface area contributed by atoms with Gasteiger partial charge in [-0.3, -0.25) is 9.69 Å². The van der Waals surface area contributed by atoms with Crippen molar-refractivity contribution in [2.45, 2.75) is 38.3 Å². The Hall–Kier alpha value is -1.52. The number of halogens is 1. The van der Waals surface area contributed by atoms with Crippen molar-refractivity contribution in [1.29, 1.82) is 0 Å². The number of rotatable bonds is 2. The molecular weight excluding hydrogens is 312 g/mol. The summed E-state index contributed by atoms with van der Waals surface area (Å²) in [6.45, 7) is 6.61. The van der Waals surface area contributed by atoms with E-state index in [-0.39, 0.29) is 17.5 Å².